The van der Waals surface area contributed by atoms with Gasteiger partial charge in [0.15, 0.2) is 5.78 Å². The highest BCUT2D eigenvalue weighted by atomic mass is 19.1. The number of Topliss-reactive ketones (excluding diaryl/α,β-unsaturated/α-hetero) is 1. The lowest BCUT2D eigenvalue weighted by atomic mass is 9.73. The second-order valence-corrected chi connectivity index (χ2v) is 9.97. The lowest BCUT2D eigenvalue weighted by Gasteiger charge is -2.31. The molecule has 0 bridgehead atoms. The van der Waals surface area contributed by atoms with Crippen LogP contribution in [-0.2, 0) is 13.0 Å². The monoisotopic (exact) mass is 475 g/mol. The Morgan fingerprint density at radius 3 is 2.43 bits per heavy atom. The fourth-order valence-electron chi connectivity index (χ4n) is 4.60. The van der Waals surface area contributed by atoms with Gasteiger partial charge in [-0.25, -0.2) is 4.39 Å². The molecule has 3 aromatic rings. The van der Waals surface area contributed by atoms with Crippen LogP contribution in [0.3, 0.4) is 0 Å². The molecule has 0 radical (unpaired) electrons. The number of pyridine rings is 1. The van der Waals surface area contributed by atoms with E-state index >= 15 is 0 Å². The Hall–Kier alpha value is -3.58. The summed E-state index contributed by atoms with van der Waals surface area (Å²) in [6.45, 7) is 5.59. The number of hydrogen-bond donors (Lipinski definition) is 1. The number of halogens is 1. The van der Waals surface area contributed by atoms with Gasteiger partial charge >= 0.3 is 0 Å². The van der Waals surface area contributed by atoms with Crippen molar-refractivity contribution in [2.45, 2.75) is 33.2 Å². The number of nitrogens with one attached hydrogen (secondary N) is 1. The molecule has 0 aliphatic heterocycles. The molecule has 4 rings (SSSR count). The van der Waals surface area contributed by atoms with Crippen LogP contribution in [0.5, 0.6) is 0 Å². The van der Waals surface area contributed by atoms with E-state index in [1.54, 1.807) is 0 Å². The highest BCUT2D eigenvalue weighted by Crippen LogP contribution is 2.35. The molecule has 0 fully saturated rings. The van der Waals surface area contributed by atoms with Gasteiger partial charge in [-0.2, -0.15) is 0 Å². The van der Waals surface area contributed by atoms with Crippen molar-refractivity contribution in [3.05, 3.63) is 99.2 Å². The van der Waals surface area contributed by atoms with E-state index in [0.29, 0.717) is 42.7 Å². The third-order valence-corrected chi connectivity index (χ3v) is 6.32. The molecule has 0 saturated carbocycles. The van der Waals surface area contributed by atoms with Crippen molar-refractivity contribution >= 4 is 11.7 Å². The van der Waals surface area contributed by atoms with Crippen molar-refractivity contribution in [1.82, 2.24) is 14.8 Å². The summed E-state index contributed by atoms with van der Waals surface area (Å²) in [7, 11) is 1.96. The van der Waals surface area contributed by atoms with Crippen molar-refractivity contribution in [2.24, 2.45) is 5.41 Å². The fraction of sp³-hybridized carbons (Fsp3) is 0.321. The van der Waals surface area contributed by atoms with Crippen molar-refractivity contribution in [2.75, 3.05) is 20.1 Å². The van der Waals surface area contributed by atoms with Gasteiger partial charge in [-0.05, 0) is 54.3 Å². The minimum atomic E-state index is -0.518. The summed E-state index contributed by atoms with van der Waals surface area (Å²) in [4.78, 5) is 41.9. The quantitative estimate of drug-likeness (QED) is 0.561. The maximum atomic E-state index is 13.5. The SMILES string of the molecule is CN(CCNC(=O)c1c2c(cn(-c3ccc(F)cc3)c1=O)C(=O)CC(C)(C)C2)Cc1ccccc1. The fourth-order valence-corrected chi connectivity index (χ4v) is 4.60. The van der Waals surface area contributed by atoms with E-state index in [0.717, 1.165) is 6.54 Å². The van der Waals surface area contributed by atoms with E-state index in [2.05, 4.69) is 10.2 Å². The van der Waals surface area contributed by atoms with E-state index < -0.39 is 17.3 Å². The first-order chi connectivity index (χ1) is 16.6. The standard InChI is InChI=1S/C28H30FN3O3/c1-28(2)15-22-23(24(33)16-28)18-32(21-11-9-20(29)10-12-21)27(35)25(22)26(34)30-13-14-31(3)17-19-7-5-4-6-8-19/h4-12,18H,13-17H2,1-3H3,(H,30,34). The van der Waals surface area contributed by atoms with E-state index in [9.17, 15) is 18.8 Å². The number of nitrogens with zero attached hydrogens (tertiary/aromatic N) is 2. The first-order valence-corrected chi connectivity index (χ1v) is 11.7. The second-order valence-electron chi connectivity index (χ2n) is 9.97. The third-order valence-electron chi connectivity index (χ3n) is 6.32. The van der Waals surface area contributed by atoms with Crippen LogP contribution < -0.4 is 10.9 Å². The first kappa shape index (κ1) is 24.5. The number of rotatable bonds is 7. The number of benzene rings is 2. The molecule has 35 heavy (non-hydrogen) atoms. The number of amides is 1. The molecule has 1 N–H and O–H groups in total. The molecule has 0 atom stereocenters. The van der Waals surface area contributed by atoms with Gasteiger partial charge in [-0.3, -0.25) is 19.0 Å². The number of carbonyl (C=O) groups excluding carboxylic acids is 2. The zero-order valence-electron chi connectivity index (χ0n) is 20.3. The van der Waals surface area contributed by atoms with Gasteiger partial charge < -0.3 is 10.2 Å². The van der Waals surface area contributed by atoms with Crippen molar-refractivity contribution in [3.63, 3.8) is 0 Å². The van der Waals surface area contributed by atoms with Crippen molar-refractivity contribution in [3.8, 4) is 5.69 Å². The van der Waals surface area contributed by atoms with Gasteiger partial charge in [0.25, 0.3) is 11.5 Å². The number of likely N-dealkylation sites (N-methyl/N-ethyl adjacent to an activating group) is 1. The molecule has 6 nitrogen and oxygen atoms in total. The summed E-state index contributed by atoms with van der Waals surface area (Å²) in [5.41, 5.74) is 1.54. The van der Waals surface area contributed by atoms with Gasteiger partial charge in [0.05, 0.1) is 0 Å². The lowest BCUT2D eigenvalue weighted by Crippen LogP contribution is -2.40. The molecule has 1 amide bonds. The van der Waals surface area contributed by atoms with Crippen LogP contribution in [0, 0.1) is 11.2 Å². The number of hydrogen-bond acceptors (Lipinski definition) is 4. The maximum Gasteiger partial charge on any atom is 0.268 e. The zero-order valence-corrected chi connectivity index (χ0v) is 20.3. The van der Waals surface area contributed by atoms with Crippen LogP contribution >= 0.6 is 0 Å². The molecule has 1 heterocycles. The summed E-state index contributed by atoms with van der Waals surface area (Å²) in [5.74, 6) is -1.04. The van der Waals surface area contributed by atoms with Crippen LogP contribution in [0.2, 0.25) is 0 Å². The molecule has 1 aromatic heterocycles. The highest BCUT2D eigenvalue weighted by Gasteiger charge is 2.35. The Morgan fingerprint density at radius 2 is 1.74 bits per heavy atom. The largest absolute Gasteiger partial charge is 0.351 e. The molecule has 1 aliphatic rings. The normalized spacial score (nSPS) is 14.6. The van der Waals surface area contributed by atoms with E-state index in [1.165, 1.54) is 40.6 Å². The van der Waals surface area contributed by atoms with E-state index in [1.807, 2.05) is 51.2 Å². The minimum Gasteiger partial charge on any atom is -0.351 e. The van der Waals surface area contributed by atoms with Gasteiger partial charge in [0.2, 0.25) is 0 Å². The van der Waals surface area contributed by atoms with Crippen LogP contribution in [0.4, 0.5) is 4.39 Å². The minimum absolute atomic E-state index is 0.0151. The predicted molar refractivity (Wildman–Crippen MR) is 134 cm³/mol. The smallest absolute Gasteiger partial charge is 0.268 e. The topological polar surface area (TPSA) is 71.4 Å². The summed E-state index contributed by atoms with van der Waals surface area (Å²) in [6.07, 6.45) is 2.27. The summed E-state index contributed by atoms with van der Waals surface area (Å²) in [5, 5.41) is 2.87. The number of aromatic nitrogens is 1. The average molecular weight is 476 g/mol. The molecular formula is C28H30FN3O3. The van der Waals surface area contributed by atoms with Crippen LogP contribution in [-0.4, -0.2) is 41.3 Å². The Morgan fingerprint density at radius 1 is 1.06 bits per heavy atom. The Kier molecular flexibility index (Phi) is 6.98. The number of carbonyl (C=O) groups is 2. The number of ketones is 1. The van der Waals surface area contributed by atoms with Crippen molar-refractivity contribution in [1.29, 1.82) is 0 Å². The van der Waals surface area contributed by atoms with Crippen LogP contribution in [0.1, 0.15) is 52.1 Å². The summed E-state index contributed by atoms with van der Waals surface area (Å²) < 4.78 is 14.7. The van der Waals surface area contributed by atoms with Gasteiger partial charge in [0, 0.05) is 43.5 Å². The van der Waals surface area contributed by atoms with Gasteiger partial charge in [-0.1, -0.05) is 44.2 Å². The first-order valence-electron chi connectivity index (χ1n) is 11.7. The zero-order chi connectivity index (χ0) is 25.2. The molecule has 1 aliphatic carbocycles. The molecule has 0 unspecified atom stereocenters. The lowest BCUT2D eigenvalue weighted by molar-refractivity contribution is 0.0908. The summed E-state index contributed by atoms with van der Waals surface area (Å²) >= 11 is 0. The molecule has 182 valence electrons. The molecule has 0 spiro atoms. The highest BCUT2D eigenvalue weighted by molar-refractivity contribution is 6.04. The molecule has 0 saturated heterocycles. The van der Waals surface area contributed by atoms with Crippen molar-refractivity contribution < 1.29 is 14.0 Å². The Balaban J connectivity index is 1.62. The Bertz CT molecular complexity index is 1300. The van der Waals surface area contributed by atoms with Crippen LogP contribution in [0.15, 0.2) is 65.6 Å². The second kappa shape index (κ2) is 9.96. The van der Waals surface area contributed by atoms with E-state index in [4.69, 9.17) is 0 Å². The third kappa shape index (κ3) is 5.57. The number of fused-ring (bicyclic) bond motifs is 1. The molecule has 7 heteroatoms. The predicted octanol–water partition coefficient (Wildman–Crippen LogP) is 3.99. The van der Waals surface area contributed by atoms with E-state index in [-0.39, 0.29) is 16.8 Å². The van der Waals surface area contributed by atoms with Crippen LogP contribution in [0.25, 0.3) is 5.69 Å². The summed E-state index contributed by atoms with van der Waals surface area (Å²) in [6, 6.07) is 15.4. The van der Waals surface area contributed by atoms with Gasteiger partial charge in [0.1, 0.15) is 11.4 Å². The average Bonchev–Trinajstić information content (AvgIpc) is 2.79. The molecule has 2 aromatic carbocycles. The molecular weight excluding hydrogens is 445 g/mol. The van der Waals surface area contributed by atoms with Gasteiger partial charge in [-0.15, -0.1) is 0 Å². The Labute approximate surface area is 204 Å². The maximum absolute atomic E-state index is 13.5.